The van der Waals surface area contributed by atoms with Crippen LogP contribution in [0.1, 0.15) is 18.3 Å². The summed E-state index contributed by atoms with van der Waals surface area (Å²) in [5, 5.41) is 0. The summed E-state index contributed by atoms with van der Waals surface area (Å²) in [4.78, 5) is 34.1. The largest absolute Gasteiger partial charge is 0.443 e. The van der Waals surface area contributed by atoms with Crippen molar-refractivity contribution in [2.24, 2.45) is 4.36 Å². The standard InChI is InChI=1S/C15H15N6O3S/c1-9(22)20-25(24)8-11-17-13(16)12-14(18-11)21(15(23)19-12)7-10-5-3-2-4-6-10/h2-6H,7-8H2,1H3,(H,19,23)(H2,16,17,18)/q-1. The number of rotatable bonds is 4. The lowest BCUT2D eigenvalue weighted by Gasteiger charge is -2.07. The second-order valence-electron chi connectivity index (χ2n) is 5.30. The van der Waals surface area contributed by atoms with Gasteiger partial charge in [0.25, 0.3) is 0 Å². The summed E-state index contributed by atoms with van der Waals surface area (Å²) in [5.74, 6) is -0.488. The van der Waals surface area contributed by atoms with E-state index < -0.39 is 16.5 Å². The lowest BCUT2D eigenvalue weighted by molar-refractivity contribution is -0.115. The maximum absolute atomic E-state index is 12.2. The monoisotopic (exact) mass is 359 g/mol. The van der Waals surface area contributed by atoms with Gasteiger partial charge in [-0.2, -0.15) is 10.6 Å². The molecule has 0 saturated heterocycles. The molecule has 0 fully saturated rings. The minimum absolute atomic E-state index is 0.0729. The van der Waals surface area contributed by atoms with E-state index in [4.69, 9.17) is 5.73 Å². The molecule has 2 aromatic heterocycles. The van der Waals surface area contributed by atoms with Crippen LogP contribution in [0.2, 0.25) is 0 Å². The van der Waals surface area contributed by atoms with Gasteiger partial charge in [0.05, 0.1) is 6.54 Å². The molecule has 3 rings (SSSR count). The Morgan fingerprint density at radius 1 is 1.32 bits per heavy atom. The van der Waals surface area contributed by atoms with E-state index in [2.05, 4.69) is 19.3 Å². The average Bonchev–Trinajstić information content (AvgIpc) is 2.85. The van der Waals surface area contributed by atoms with Crippen molar-refractivity contribution in [3.63, 3.8) is 0 Å². The summed E-state index contributed by atoms with van der Waals surface area (Å²) in [7, 11) is -1.79. The van der Waals surface area contributed by atoms with Crippen LogP contribution in [0.5, 0.6) is 0 Å². The van der Waals surface area contributed by atoms with Crippen LogP contribution in [0.15, 0.2) is 39.5 Å². The second kappa shape index (κ2) is 6.85. The van der Waals surface area contributed by atoms with Gasteiger partial charge in [0.15, 0.2) is 11.5 Å². The smallest absolute Gasteiger partial charge is 0.328 e. The summed E-state index contributed by atoms with van der Waals surface area (Å²) in [6, 6.07) is 9.40. The normalized spacial score (nSPS) is 12.5. The third kappa shape index (κ3) is 3.74. The van der Waals surface area contributed by atoms with Crippen LogP contribution < -0.4 is 11.4 Å². The van der Waals surface area contributed by atoms with E-state index >= 15 is 0 Å². The first-order valence-electron chi connectivity index (χ1n) is 7.33. The van der Waals surface area contributed by atoms with E-state index in [0.717, 1.165) is 5.56 Å². The Labute approximate surface area is 144 Å². The van der Waals surface area contributed by atoms with Crippen LogP contribution >= 0.6 is 0 Å². The molecular formula is C15H15N6O3S-. The number of amides is 1. The Bertz CT molecular complexity index is 1080. The minimum atomic E-state index is -1.79. The highest BCUT2D eigenvalue weighted by atomic mass is 32.2. The van der Waals surface area contributed by atoms with Crippen molar-refractivity contribution in [3.05, 3.63) is 52.2 Å². The fourth-order valence-electron chi connectivity index (χ4n) is 2.36. The van der Waals surface area contributed by atoms with Crippen molar-refractivity contribution in [2.75, 3.05) is 5.73 Å². The quantitative estimate of drug-likeness (QED) is 0.665. The number of nitrogen functional groups attached to an aromatic ring is 1. The number of fused-ring (bicyclic) bond motifs is 1. The maximum Gasteiger partial charge on any atom is 0.328 e. The predicted molar refractivity (Wildman–Crippen MR) is 93.0 cm³/mol. The third-order valence-corrected chi connectivity index (χ3v) is 4.33. The van der Waals surface area contributed by atoms with Crippen molar-refractivity contribution in [1.29, 1.82) is 0 Å². The number of carbonyl (C=O) groups is 1. The molecule has 130 valence electrons. The van der Waals surface area contributed by atoms with E-state index in [9.17, 15) is 13.8 Å². The van der Waals surface area contributed by atoms with Crippen LogP contribution in [-0.4, -0.2) is 25.4 Å². The zero-order valence-corrected chi connectivity index (χ0v) is 14.1. The molecule has 0 aliphatic rings. The number of nitrogens with one attached hydrogen (secondary N) is 1. The summed E-state index contributed by atoms with van der Waals surface area (Å²) in [6.45, 7) is 1.51. The lowest BCUT2D eigenvalue weighted by Crippen LogP contribution is -2.17. The van der Waals surface area contributed by atoms with Crippen molar-refractivity contribution in [2.45, 2.75) is 19.2 Å². The summed E-state index contributed by atoms with van der Waals surface area (Å²) in [5.41, 5.74) is 7.06. The van der Waals surface area contributed by atoms with Crippen molar-refractivity contribution in [1.82, 2.24) is 19.5 Å². The number of aromatic amines is 1. The number of hydrogen-bond donors (Lipinski definition) is 2. The Morgan fingerprint density at radius 3 is 2.72 bits per heavy atom. The van der Waals surface area contributed by atoms with E-state index in [1.807, 2.05) is 30.3 Å². The molecule has 2 heterocycles. The van der Waals surface area contributed by atoms with E-state index in [1.165, 1.54) is 11.5 Å². The number of anilines is 1. The van der Waals surface area contributed by atoms with Crippen LogP contribution in [-0.2, 0) is 31.9 Å². The molecule has 0 unspecified atom stereocenters. The highest BCUT2D eigenvalue weighted by molar-refractivity contribution is 7.74. The van der Waals surface area contributed by atoms with Gasteiger partial charge in [-0.1, -0.05) is 30.3 Å². The first-order valence-corrected chi connectivity index (χ1v) is 8.61. The highest BCUT2D eigenvalue weighted by Crippen LogP contribution is 2.15. The Balaban J connectivity index is 2.06. The van der Waals surface area contributed by atoms with E-state index in [1.54, 1.807) is 0 Å². The molecule has 0 saturated carbocycles. The molecular weight excluding hydrogens is 344 g/mol. The molecule has 1 amide bonds. The number of imidazole rings is 1. The lowest BCUT2D eigenvalue weighted by atomic mass is 10.2. The van der Waals surface area contributed by atoms with Crippen LogP contribution in [0.3, 0.4) is 0 Å². The van der Waals surface area contributed by atoms with Crippen LogP contribution in [0.4, 0.5) is 5.82 Å². The Kier molecular flexibility index (Phi) is 4.61. The molecule has 0 bridgehead atoms. The SMILES string of the molecule is CC(=O)N=[S-](=O)Cc1nc(N)c2[nH]c(=O)n(Cc3ccccc3)c2n1. The third-order valence-electron chi connectivity index (χ3n) is 3.36. The van der Waals surface area contributed by atoms with Gasteiger partial charge in [-0.3, -0.25) is 9.36 Å². The minimum Gasteiger partial charge on any atom is -0.443 e. The van der Waals surface area contributed by atoms with Gasteiger partial charge in [-0.25, -0.2) is 14.8 Å². The predicted octanol–water partition coefficient (Wildman–Crippen LogP) is 0.944. The van der Waals surface area contributed by atoms with Crippen molar-refractivity contribution >= 4 is 33.5 Å². The number of carbonyl (C=O) groups excluding carboxylic acids is 1. The number of nitrogens with zero attached hydrogens (tertiary/aromatic N) is 4. The van der Waals surface area contributed by atoms with Gasteiger partial charge in [-0.05, 0) is 11.3 Å². The summed E-state index contributed by atoms with van der Waals surface area (Å²) >= 11 is 0. The molecule has 0 radical (unpaired) electrons. The van der Waals surface area contributed by atoms with Gasteiger partial charge in [-0.15, -0.1) is 0 Å². The molecule has 0 atom stereocenters. The molecule has 25 heavy (non-hydrogen) atoms. The van der Waals surface area contributed by atoms with Crippen molar-refractivity contribution in [3.8, 4) is 0 Å². The molecule has 3 N–H and O–H groups in total. The molecule has 1 aromatic carbocycles. The van der Waals surface area contributed by atoms with E-state index in [-0.39, 0.29) is 23.1 Å². The molecule has 0 aliphatic carbocycles. The van der Waals surface area contributed by atoms with Crippen molar-refractivity contribution < 1.29 is 9.00 Å². The number of benzene rings is 1. The number of H-pyrrole nitrogens is 1. The topological polar surface area (TPSA) is 136 Å². The zero-order valence-electron chi connectivity index (χ0n) is 13.3. The summed E-state index contributed by atoms with van der Waals surface area (Å²) in [6.07, 6.45) is 0. The molecule has 9 nitrogen and oxygen atoms in total. The van der Waals surface area contributed by atoms with Gasteiger partial charge in [0, 0.05) is 6.92 Å². The van der Waals surface area contributed by atoms with Crippen LogP contribution in [0, 0.1) is 0 Å². The fourth-order valence-corrected chi connectivity index (χ4v) is 3.06. The molecule has 3 aromatic rings. The molecule has 10 heteroatoms. The Hall–Kier alpha value is -3.01. The number of hydrogen-bond acceptors (Lipinski definition) is 7. The summed E-state index contributed by atoms with van der Waals surface area (Å²) < 4.78 is 16.6. The van der Waals surface area contributed by atoms with Gasteiger partial charge < -0.3 is 19.3 Å². The molecule has 0 spiro atoms. The second-order valence-corrected chi connectivity index (χ2v) is 6.42. The Morgan fingerprint density at radius 2 is 2.04 bits per heavy atom. The van der Waals surface area contributed by atoms with Crippen LogP contribution in [0.25, 0.3) is 11.2 Å². The van der Waals surface area contributed by atoms with Gasteiger partial charge in [0.2, 0.25) is 5.91 Å². The number of nitrogens with two attached hydrogens (primary N) is 1. The first kappa shape index (κ1) is 16.8. The highest BCUT2D eigenvalue weighted by Gasteiger charge is 2.13. The average molecular weight is 359 g/mol. The maximum atomic E-state index is 12.2. The molecule has 0 aliphatic heterocycles. The van der Waals surface area contributed by atoms with Gasteiger partial charge >= 0.3 is 5.69 Å². The zero-order chi connectivity index (χ0) is 18.0. The first-order chi connectivity index (χ1) is 11.9. The fraction of sp³-hybridized carbons (Fsp3) is 0.200. The van der Waals surface area contributed by atoms with E-state index in [0.29, 0.717) is 17.7 Å². The number of aromatic nitrogens is 4. The van der Waals surface area contributed by atoms with Gasteiger partial charge in [0.1, 0.15) is 11.3 Å².